The maximum atomic E-state index is 11.7. The van der Waals surface area contributed by atoms with Crippen LogP contribution in [-0.4, -0.2) is 48.5 Å². The number of hydrogen-bond donors (Lipinski definition) is 1. The van der Waals surface area contributed by atoms with Gasteiger partial charge in [-0.25, -0.2) is 8.42 Å². The zero-order valence-electron chi connectivity index (χ0n) is 11.8. The van der Waals surface area contributed by atoms with Crippen molar-refractivity contribution in [1.29, 1.82) is 0 Å². The number of rotatable bonds is 4. The monoisotopic (exact) mass is 375 g/mol. The molecular weight excluding hydrogens is 358 g/mol. The largest absolute Gasteiger partial charge is 0.481 e. The molecule has 1 N–H and O–H groups in total. The third-order valence-electron chi connectivity index (χ3n) is 3.64. The van der Waals surface area contributed by atoms with Crippen molar-refractivity contribution in [2.45, 2.75) is 25.9 Å². The minimum absolute atomic E-state index is 0.0806. The Kier molecular flexibility index (Phi) is 5.06. The van der Waals surface area contributed by atoms with Crippen LogP contribution in [0.1, 0.15) is 17.5 Å². The highest BCUT2D eigenvalue weighted by Crippen LogP contribution is 2.23. The molecule has 7 heteroatoms. The fourth-order valence-corrected chi connectivity index (χ4v) is 4.73. The molecule has 2 rings (SSSR count). The number of sulfone groups is 1. The summed E-state index contributed by atoms with van der Waals surface area (Å²) >= 11 is 3.51. The molecule has 1 atom stereocenters. The average molecular weight is 376 g/mol. The van der Waals surface area contributed by atoms with Crippen LogP contribution in [0.25, 0.3) is 0 Å². The number of carboxylic acid groups (broad SMARTS) is 1. The van der Waals surface area contributed by atoms with Crippen LogP contribution in [-0.2, 0) is 21.2 Å². The molecule has 0 aromatic heterocycles. The Bertz CT molecular complexity index is 644. The number of carboxylic acids is 1. The van der Waals surface area contributed by atoms with E-state index in [-0.39, 0.29) is 17.9 Å². The van der Waals surface area contributed by atoms with Gasteiger partial charge in [0, 0.05) is 23.6 Å². The van der Waals surface area contributed by atoms with Crippen LogP contribution in [0, 0.1) is 6.92 Å². The zero-order valence-corrected chi connectivity index (χ0v) is 14.2. The summed E-state index contributed by atoms with van der Waals surface area (Å²) in [6, 6.07) is 5.52. The molecule has 0 aliphatic carbocycles. The first-order chi connectivity index (χ1) is 9.77. The van der Waals surface area contributed by atoms with Gasteiger partial charge in [0.2, 0.25) is 0 Å². The van der Waals surface area contributed by atoms with Crippen molar-refractivity contribution in [2.24, 2.45) is 0 Å². The quantitative estimate of drug-likeness (QED) is 0.868. The van der Waals surface area contributed by atoms with Crippen LogP contribution in [0.15, 0.2) is 22.7 Å². The second-order valence-corrected chi connectivity index (χ2v) is 8.51. The summed E-state index contributed by atoms with van der Waals surface area (Å²) < 4.78 is 24.4. The highest BCUT2D eigenvalue weighted by Gasteiger charge is 2.32. The van der Waals surface area contributed by atoms with Gasteiger partial charge in [0.1, 0.15) is 0 Å². The highest BCUT2D eigenvalue weighted by molar-refractivity contribution is 9.10. The van der Waals surface area contributed by atoms with E-state index in [1.165, 1.54) is 0 Å². The van der Waals surface area contributed by atoms with Gasteiger partial charge in [-0.3, -0.25) is 9.69 Å². The lowest BCUT2D eigenvalue weighted by Gasteiger charge is -2.34. The number of benzene rings is 1. The molecule has 1 fully saturated rings. The van der Waals surface area contributed by atoms with Crippen molar-refractivity contribution in [3.8, 4) is 0 Å². The predicted octanol–water partition coefficient (Wildman–Crippen LogP) is 1.83. The molecular formula is C14H18BrNO4S. The molecule has 1 aromatic rings. The summed E-state index contributed by atoms with van der Waals surface area (Å²) in [6.45, 7) is 2.92. The van der Waals surface area contributed by atoms with E-state index in [4.69, 9.17) is 5.11 Å². The molecule has 5 nitrogen and oxygen atoms in total. The Labute approximate surface area is 133 Å². The Morgan fingerprint density at radius 2 is 2.19 bits per heavy atom. The number of hydrogen-bond acceptors (Lipinski definition) is 4. The second-order valence-electron chi connectivity index (χ2n) is 5.43. The Balaban J connectivity index is 2.18. The van der Waals surface area contributed by atoms with Crippen molar-refractivity contribution in [2.75, 3.05) is 18.1 Å². The van der Waals surface area contributed by atoms with Crippen molar-refractivity contribution >= 4 is 31.7 Å². The maximum Gasteiger partial charge on any atom is 0.304 e. The molecule has 0 saturated carbocycles. The lowest BCUT2D eigenvalue weighted by atomic mass is 10.1. The van der Waals surface area contributed by atoms with E-state index >= 15 is 0 Å². The molecule has 21 heavy (non-hydrogen) atoms. The lowest BCUT2D eigenvalue weighted by molar-refractivity contribution is -0.138. The second kappa shape index (κ2) is 6.46. The normalized spacial score (nSPS) is 22.1. The fraction of sp³-hybridized carbons (Fsp3) is 0.500. The molecule has 1 aromatic carbocycles. The van der Waals surface area contributed by atoms with E-state index in [1.807, 2.05) is 30.0 Å². The first kappa shape index (κ1) is 16.5. The minimum atomic E-state index is -3.14. The van der Waals surface area contributed by atoms with Gasteiger partial charge >= 0.3 is 5.97 Å². The molecule has 0 amide bonds. The summed E-state index contributed by atoms with van der Waals surface area (Å²) in [7, 11) is -3.14. The first-order valence-corrected chi connectivity index (χ1v) is 9.29. The smallest absolute Gasteiger partial charge is 0.304 e. The van der Waals surface area contributed by atoms with E-state index in [2.05, 4.69) is 15.9 Å². The molecule has 1 aliphatic rings. The van der Waals surface area contributed by atoms with Crippen LogP contribution >= 0.6 is 15.9 Å². The van der Waals surface area contributed by atoms with E-state index in [1.54, 1.807) is 0 Å². The third kappa shape index (κ3) is 4.52. The van der Waals surface area contributed by atoms with Crippen LogP contribution in [0.3, 0.4) is 0 Å². The molecule has 0 spiro atoms. The topological polar surface area (TPSA) is 74.7 Å². The van der Waals surface area contributed by atoms with E-state index in [0.29, 0.717) is 13.1 Å². The average Bonchev–Trinajstić information content (AvgIpc) is 2.34. The molecule has 1 heterocycles. The SMILES string of the molecule is Cc1ccc(CN2CCS(=O)(=O)CC2CC(=O)O)c(Br)c1. The van der Waals surface area contributed by atoms with Gasteiger partial charge in [0.15, 0.2) is 9.84 Å². The number of aryl methyl sites for hydroxylation is 1. The highest BCUT2D eigenvalue weighted by atomic mass is 79.9. The molecule has 1 unspecified atom stereocenters. The van der Waals surface area contributed by atoms with Gasteiger partial charge in [0.05, 0.1) is 17.9 Å². The zero-order chi connectivity index (χ0) is 15.6. The number of carbonyl (C=O) groups is 1. The standard InChI is InChI=1S/C14H18BrNO4S/c1-10-2-3-11(13(15)6-10)8-16-4-5-21(19,20)9-12(16)7-14(17)18/h2-3,6,12H,4-5,7-9H2,1H3,(H,17,18). The number of aliphatic carboxylic acids is 1. The van der Waals surface area contributed by atoms with Gasteiger partial charge in [-0.1, -0.05) is 28.1 Å². The fourth-order valence-electron chi connectivity index (χ4n) is 2.52. The first-order valence-electron chi connectivity index (χ1n) is 6.68. The molecule has 0 radical (unpaired) electrons. The number of nitrogens with zero attached hydrogens (tertiary/aromatic N) is 1. The third-order valence-corrected chi connectivity index (χ3v) is 6.08. The van der Waals surface area contributed by atoms with Gasteiger partial charge in [-0.05, 0) is 24.1 Å². The summed E-state index contributed by atoms with van der Waals surface area (Å²) in [5.41, 5.74) is 2.17. The van der Waals surface area contributed by atoms with Crippen molar-refractivity contribution in [1.82, 2.24) is 4.90 Å². The van der Waals surface area contributed by atoms with E-state index in [9.17, 15) is 13.2 Å². The summed E-state index contributed by atoms with van der Waals surface area (Å²) in [5.74, 6) is -0.958. The molecule has 1 aliphatic heterocycles. The van der Waals surface area contributed by atoms with Crippen molar-refractivity contribution in [3.05, 3.63) is 33.8 Å². The van der Waals surface area contributed by atoms with Gasteiger partial charge in [0.25, 0.3) is 0 Å². The lowest BCUT2D eigenvalue weighted by Crippen LogP contribution is -2.48. The number of halogens is 1. The minimum Gasteiger partial charge on any atom is -0.481 e. The molecule has 116 valence electrons. The Morgan fingerprint density at radius 3 is 2.81 bits per heavy atom. The maximum absolute atomic E-state index is 11.7. The van der Waals surface area contributed by atoms with Crippen LogP contribution in [0.4, 0.5) is 0 Å². The van der Waals surface area contributed by atoms with Crippen LogP contribution in [0.5, 0.6) is 0 Å². The molecule has 1 saturated heterocycles. The van der Waals surface area contributed by atoms with Crippen LogP contribution in [0.2, 0.25) is 0 Å². The van der Waals surface area contributed by atoms with Crippen LogP contribution < -0.4 is 0 Å². The van der Waals surface area contributed by atoms with Crippen molar-refractivity contribution < 1.29 is 18.3 Å². The van der Waals surface area contributed by atoms with E-state index in [0.717, 1.165) is 15.6 Å². The summed E-state index contributed by atoms with van der Waals surface area (Å²) in [5, 5.41) is 8.98. The van der Waals surface area contributed by atoms with Gasteiger partial charge in [-0.15, -0.1) is 0 Å². The summed E-state index contributed by atoms with van der Waals surface area (Å²) in [6.07, 6.45) is -0.150. The van der Waals surface area contributed by atoms with Crippen molar-refractivity contribution in [3.63, 3.8) is 0 Å². The predicted molar refractivity (Wildman–Crippen MR) is 84.0 cm³/mol. The van der Waals surface area contributed by atoms with E-state index < -0.39 is 21.8 Å². The van der Waals surface area contributed by atoms with Gasteiger partial charge < -0.3 is 5.11 Å². The van der Waals surface area contributed by atoms with Gasteiger partial charge in [-0.2, -0.15) is 0 Å². The summed E-state index contributed by atoms with van der Waals surface area (Å²) in [4.78, 5) is 12.9. The molecule has 0 bridgehead atoms. The Hall–Kier alpha value is -0.920. The Morgan fingerprint density at radius 1 is 1.48 bits per heavy atom.